The number of anilines is 2. The Bertz CT molecular complexity index is 1320. The number of hydrogen-bond donors (Lipinski definition) is 2. The van der Waals surface area contributed by atoms with Crippen molar-refractivity contribution in [1.29, 1.82) is 0 Å². The second-order valence-electron chi connectivity index (χ2n) is 9.05. The number of nitrogens with one attached hydrogen (secondary N) is 1. The topological polar surface area (TPSA) is 96.3 Å². The molecule has 0 amide bonds. The maximum Gasteiger partial charge on any atom is 0.195 e. The molecule has 1 aromatic heterocycles. The van der Waals surface area contributed by atoms with Crippen molar-refractivity contribution in [2.24, 2.45) is 0 Å². The number of H-pyrrole nitrogens is 1. The van der Waals surface area contributed by atoms with Gasteiger partial charge in [-0.2, -0.15) is 0 Å². The molecule has 1 aliphatic carbocycles. The maximum absolute atomic E-state index is 13.4. The van der Waals surface area contributed by atoms with Crippen LogP contribution in [0.5, 0.6) is 0 Å². The minimum absolute atomic E-state index is 0.0114. The van der Waals surface area contributed by atoms with Crippen molar-refractivity contribution in [3.8, 4) is 0 Å². The fraction of sp³-hybridized carbons (Fsp3) is 0.348. The lowest BCUT2D eigenvalue weighted by molar-refractivity contribution is 0.103. The first kappa shape index (κ1) is 19.2. The number of ketones is 1. The number of carbonyl (C=O) groups excluding carboxylic acids is 1. The number of rotatable bonds is 2. The summed E-state index contributed by atoms with van der Waals surface area (Å²) in [6, 6.07) is 11.5. The molecule has 1 atom stereocenters. The van der Waals surface area contributed by atoms with E-state index in [1.54, 1.807) is 0 Å². The van der Waals surface area contributed by atoms with Gasteiger partial charge in [0.15, 0.2) is 15.6 Å². The molecule has 2 heterocycles. The van der Waals surface area contributed by atoms with Gasteiger partial charge in [0.25, 0.3) is 0 Å². The van der Waals surface area contributed by atoms with E-state index in [-0.39, 0.29) is 11.0 Å². The average molecular weight is 424 g/mol. The standard InChI is InChI=1S/C23H25N3O3S/c1-23(2)18-11-14(26-9-8-15(12-26)30(3,28)29)5-7-16(18)21(27)20-17-6-4-13(24)10-19(17)25-22(20)23/h4-7,10-11,15,25H,8-9,12,24H2,1-3H3. The molecule has 0 spiro atoms. The summed E-state index contributed by atoms with van der Waals surface area (Å²) < 4.78 is 23.9. The van der Waals surface area contributed by atoms with E-state index >= 15 is 0 Å². The van der Waals surface area contributed by atoms with Crippen LogP contribution in [-0.2, 0) is 15.3 Å². The molecule has 0 saturated carbocycles. The van der Waals surface area contributed by atoms with E-state index in [9.17, 15) is 13.2 Å². The van der Waals surface area contributed by atoms with Gasteiger partial charge in [-0.1, -0.05) is 19.9 Å². The number of benzene rings is 2. The second-order valence-corrected chi connectivity index (χ2v) is 11.4. The highest BCUT2D eigenvalue weighted by molar-refractivity contribution is 7.91. The summed E-state index contributed by atoms with van der Waals surface area (Å²) in [5, 5.41) is 0.552. The van der Waals surface area contributed by atoms with Crippen molar-refractivity contribution < 1.29 is 13.2 Å². The van der Waals surface area contributed by atoms with Gasteiger partial charge in [-0.25, -0.2) is 8.42 Å². The normalized spacial score (nSPS) is 20.4. The van der Waals surface area contributed by atoms with Gasteiger partial charge in [0.2, 0.25) is 0 Å². The molecule has 0 bridgehead atoms. The summed E-state index contributed by atoms with van der Waals surface area (Å²) in [4.78, 5) is 19.0. The predicted octanol–water partition coefficient (Wildman–Crippen LogP) is 3.24. The summed E-state index contributed by atoms with van der Waals surface area (Å²) >= 11 is 0. The third-order valence-electron chi connectivity index (χ3n) is 6.71. The molecule has 30 heavy (non-hydrogen) atoms. The number of aromatic amines is 1. The molecule has 5 rings (SSSR count). The zero-order chi connectivity index (χ0) is 21.4. The molecular weight excluding hydrogens is 398 g/mol. The Morgan fingerprint density at radius 1 is 1.17 bits per heavy atom. The van der Waals surface area contributed by atoms with Crippen molar-refractivity contribution in [2.45, 2.75) is 30.9 Å². The number of sulfone groups is 1. The molecular formula is C23H25N3O3S. The number of aromatic nitrogens is 1. The van der Waals surface area contributed by atoms with Crippen LogP contribution >= 0.6 is 0 Å². The summed E-state index contributed by atoms with van der Waals surface area (Å²) in [6.45, 7) is 5.41. The summed E-state index contributed by atoms with van der Waals surface area (Å²) in [5.41, 5.74) is 11.3. The molecule has 7 heteroatoms. The third kappa shape index (κ3) is 2.68. The monoisotopic (exact) mass is 423 g/mol. The highest BCUT2D eigenvalue weighted by Gasteiger charge is 2.40. The van der Waals surface area contributed by atoms with E-state index in [1.807, 2.05) is 30.3 Å². The van der Waals surface area contributed by atoms with Gasteiger partial charge in [0, 0.05) is 58.3 Å². The molecule has 1 fully saturated rings. The van der Waals surface area contributed by atoms with Crippen molar-refractivity contribution in [1.82, 2.24) is 4.98 Å². The quantitative estimate of drug-likeness (QED) is 0.617. The first-order valence-corrected chi connectivity index (χ1v) is 12.1. The van der Waals surface area contributed by atoms with Gasteiger partial charge in [-0.15, -0.1) is 0 Å². The molecule has 0 radical (unpaired) electrons. The summed E-state index contributed by atoms with van der Waals surface area (Å²) in [6.07, 6.45) is 1.94. The van der Waals surface area contributed by atoms with Crippen LogP contribution in [0.2, 0.25) is 0 Å². The largest absolute Gasteiger partial charge is 0.399 e. The van der Waals surface area contributed by atoms with E-state index in [4.69, 9.17) is 5.73 Å². The zero-order valence-corrected chi connectivity index (χ0v) is 18.1. The van der Waals surface area contributed by atoms with E-state index in [0.717, 1.165) is 27.8 Å². The molecule has 1 unspecified atom stereocenters. The Labute approximate surface area is 176 Å². The molecule has 2 aromatic carbocycles. The van der Waals surface area contributed by atoms with Crippen LogP contribution in [0.1, 0.15) is 47.4 Å². The Morgan fingerprint density at radius 3 is 2.63 bits per heavy atom. The third-order valence-corrected chi connectivity index (χ3v) is 8.31. The maximum atomic E-state index is 13.4. The first-order valence-electron chi connectivity index (χ1n) is 10.1. The van der Waals surface area contributed by atoms with Gasteiger partial charge in [-0.3, -0.25) is 4.79 Å². The van der Waals surface area contributed by atoms with E-state index in [1.165, 1.54) is 6.26 Å². The van der Waals surface area contributed by atoms with Crippen LogP contribution < -0.4 is 10.6 Å². The van der Waals surface area contributed by atoms with E-state index < -0.39 is 15.3 Å². The highest BCUT2D eigenvalue weighted by atomic mass is 32.2. The molecule has 156 valence electrons. The minimum atomic E-state index is -3.06. The number of hydrogen-bond acceptors (Lipinski definition) is 5. The lowest BCUT2D eigenvalue weighted by atomic mass is 9.71. The highest BCUT2D eigenvalue weighted by Crippen LogP contribution is 2.45. The molecule has 1 aliphatic heterocycles. The number of nitrogen functional groups attached to an aromatic ring is 1. The van der Waals surface area contributed by atoms with Gasteiger partial charge in [0.05, 0.1) is 10.8 Å². The van der Waals surface area contributed by atoms with E-state index in [0.29, 0.717) is 36.3 Å². The second kappa shape index (κ2) is 6.11. The zero-order valence-electron chi connectivity index (χ0n) is 17.3. The fourth-order valence-corrected chi connectivity index (χ4v) is 5.93. The number of fused-ring (bicyclic) bond motifs is 4. The summed E-state index contributed by atoms with van der Waals surface area (Å²) in [7, 11) is -3.06. The molecule has 6 nitrogen and oxygen atoms in total. The van der Waals surface area contributed by atoms with Gasteiger partial charge >= 0.3 is 0 Å². The van der Waals surface area contributed by atoms with Crippen LogP contribution in [0, 0.1) is 0 Å². The van der Waals surface area contributed by atoms with Gasteiger partial charge in [-0.05, 0) is 42.3 Å². The average Bonchev–Trinajstić information content (AvgIpc) is 3.31. The first-order chi connectivity index (χ1) is 14.1. The van der Waals surface area contributed by atoms with Crippen LogP contribution in [-0.4, -0.2) is 43.8 Å². The van der Waals surface area contributed by atoms with Crippen LogP contribution in [0.3, 0.4) is 0 Å². The van der Waals surface area contributed by atoms with Crippen LogP contribution in [0.4, 0.5) is 11.4 Å². The minimum Gasteiger partial charge on any atom is -0.399 e. The molecule has 1 saturated heterocycles. The number of nitrogens with two attached hydrogens (primary N) is 1. The lowest BCUT2D eigenvalue weighted by Crippen LogP contribution is -2.31. The number of nitrogens with zero attached hydrogens (tertiary/aromatic N) is 1. The van der Waals surface area contributed by atoms with Gasteiger partial charge in [0.1, 0.15) is 0 Å². The van der Waals surface area contributed by atoms with Crippen molar-refractivity contribution in [3.63, 3.8) is 0 Å². The molecule has 2 aliphatic rings. The van der Waals surface area contributed by atoms with Crippen LogP contribution in [0.15, 0.2) is 36.4 Å². The Hall–Kier alpha value is -2.80. The lowest BCUT2D eigenvalue weighted by Gasteiger charge is -2.33. The van der Waals surface area contributed by atoms with Crippen molar-refractivity contribution in [3.05, 3.63) is 58.8 Å². The fourth-order valence-electron chi connectivity index (χ4n) is 4.95. The predicted molar refractivity (Wildman–Crippen MR) is 120 cm³/mol. The van der Waals surface area contributed by atoms with Crippen LogP contribution in [0.25, 0.3) is 10.9 Å². The Balaban J connectivity index is 1.61. The summed E-state index contributed by atoms with van der Waals surface area (Å²) in [5.74, 6) is 0.0114. The van der Waals surface area contributed by atoms with Crippen molar-refractivity contribution >= 4 is 37.9 Å². The van der Waals surface area contributed by atoms with Gasteiger partial charge < -0.3 is 15.6 Å². The number of carbonyl (C=O) groups is 1. The molecule has 3 aromatic rings. The Morgan fingerprint density at radius 2 is 1.93 bits per heavy atom. The SMILES string of the molecule is CC1(C)c2cc(N3CCC(S(C)(=O)=O)C3)ccc2C(=O)c2c1[nH]c1cc(N)ccc21. The van der Waals surface area contributed by atoms with E-state index in [2.05, 4.69) is 29.8 Å². The van der Waals surface area contributed by atoms with Crippen molar-refractivity contribution in [2.75, 3.05) is 30.0 Å². The smallest absolute Gasteiger partial charge is 0.195 e. The molecule has 3 N–H and O–H groups in total. The Kier molecular flexibility index (Phi) is 3.90.